The van der Waals surface area contributed by atoms with E-state index in [1.54, 1.807) is 14.1 Å². The van der Waals surface area contributed by atoms with Gasteiger partial charge in [-0.15, -0.1) is 0 Å². The fourth-order valence-corrected chi connectivity index (χ4v) is 4.42. The van der Waals surface area contributed by atoms with Crippen molar-refractivity contribution in [2.45, 2.75) is 124 Å². The summed E-state index contributed by atoms with van der Waals surface area (Å²) in [6, 6.07) is -1.43. The number of hydrogen-bond acceptors (Lipinski definition) is 6. The molecule has 8 nitrogen and oxygen atoms in total. The molecule has 224 valence electrons. The van der Waals surface area contributed by atoms with Gasteiger partial charge in [-0.05, 0) is 31.1 Å². The predicted octanol–water partition coefficient (Wildman–Crippen LogP) is 6.45. The van der Waals surface area contributed by atoms with Crippen molar-refractivity contribution in [2.24, 2.45) is 11.8 Å². The van der Waals surface area contributed by atoms with Gasteiger partial charge >= 0.3 is 12.1 Å². The van der Waals surface area contributed by atoms with Crippen molar-refractivity contribution < 1.29 is 28.6 Å². The Morgan fingerprint density at radius 2 is 1.13 bits per heavy atom. The molecule has 0 radical (unpaired) electrons. The molecule has 8 heteroatoms. The molecule has 0 aromatic rings. The van der Waals surface area contributed by atoms with E-state index in [9.17, 15) is 14.4 Å². The van der Waals surface area contributed by atoms with E-state index < -0.39 is 18.2 Å². The van der Waals surface area contributed by atoms with Crippen molar-refractivity contribution in [3.05, 3.63) is 0 Å². The van der Waals surface area contributed by atoms with Crippen molar-refractivity contribution >= 4 is 18.0 Å². The number of esters is 1. The lowest BCUT2D eigenvalue weighted by atomic mass is 9.98. The zero-order chi connectivity index (χ0) is 28.9. The quantitative estimate of drug-likeness (QED) is 0.115. The Hall–Kier alpha value is -1.83. The molecular formula is C30H58N2O6. The summed E-state index contributed by atoms with van der Waals surface area (Å²) in [4.78, 5) is 42.0. The molecule has 0 aliphatic heterocycles. The van der Waals surface area contributed by atoms with Gasteiger partial charge in [0.2, 0.25) is 5.91 Å². The molecule has 0 aliphatic carbocycles. The molecule has 0 aliphatic rings. The van der Waals surface area contributed by atoms with Crippen molar-refractivity contribution in [1.82, 2.24) is 9.80 Å². The van der Waals surface area contributed by atoms with Crippen LogP contribution in [0.1, 0.15) is 112 Å². The standard InChI is InChI=1S/C30H58N2O6/c1-9-10-11-12-13-14-15-16-17-18-19-37-29(34)27(23-25(4)5)31(6)28(33)26(22-24(2)3)32(7)30(35)38-21-20-36-8/h24-27H,9-23H2,1-8H3. The lowest BCUT2D eigenvalue weighted by Crippen LogP contribution is -2.54. The Morgan fingerprint density at radius 1 is 0.632 bits per heavy atom. The van der Waals surface area contributed by atoms with Gasteiger partial charge in [0, 0.05) is 21.2 Å². The van der Waals surface area contributed by atoms with Gasteiger partial charge < -0.3 is 19.1 Å². The van der Waals surface area contributed by atoms with Crippen LogP contribution < -0.4 is 0 Å². The predicted molar refractivity (Wildman–Crippen MR) is 153 cm³/mol. The van der Waals surface area contributed by atoms with Crippen LogP contribution in [0.5, 0.6) is 0 Å². The van der Waals surface area contributed by atoms with E-state index in [0.717, 1.165) is 19.3 Å². The normalized spacial score (nSPS) is 12.9. The Bertz CT molecular complexity index is 640. The molecule has 0 saturated heterocycles. The Morgan fingerprint density at radius 3 is 1.63 bits per heavy atom. The summed E-state index contributed by atoms with van der Waals surface area (Å²) in [6.07, 6.45) is 12.5. The Kier molecular flexibility index (Phi) is 21.0. The lowest BCUT2D eigenvalue weighted by molar-refractivity contribution is -0.156. The van der Waals surface area contributed by atoms with Crippen molar-refractivity contribution in [3.63, 3.8) is 0 Å². The van der Waals surface area contributed by atoms with Crippen LogP contribution in [0.4, 0.5) is 4.79 Å². The van der Waals surface area contributed by atoms with Gasteiger partial charge in [0.15, 0.2) is 0 Å². The van der Waals surface area contributed by atoms with Crippen LogP contribution >= 0.6 is 0 Å². The van der Waals surface area contributed by atoms with E-state index in [-0.39, 0.29) is 36.9 Å². The number of hydrogen-bond donors (Lipinski definition) is 0. The van der Waals surface area contributed by atoms with Crippen LogP contribution in [0.3, 0.4) is 0 Å². The monoisotopic (exact) mass is 542 g/mol. The first-order valence-corrected chi connectivity index (χ1v) is 14.9. The summed E-state index contributed by atoms with van der Waals surface area (Å²) >= 11 is 0. The third-order valence-electron chi connectivity index (χ3n) is 6.77. The summed E-state index contributed by atoms with van der Waals surface area (Å²) in [6.45, 7) is 11.0. The fourth-order valence-electron chi connectivity index (χ4n) is 4.42. The maximum atomic E-state index is 13.6. The molecule has 0 spiro atoms. The van der Waals surface area contributed by atoms with Gasteiger partial charge in [-0.25, -0.2) is 9.59 Å². The summed E-state index contributed by atoms with van der Waals surface area (Å²) in [5.74, 6) is -0.302. The molecular weight excluding hydrogens is 484 g/mol. The number of carbonyl (C=O) groups excluding carboxylic acids is 3. The molecule has 0 fully saturated rings. The van der Waals surface area contributed by atoms with Crippen LogP contribution in [0.2, 0.25) is 0 Å². The van der Waals surface area contributed by atoms with Crippen LogP contribution in [0.15, 0.2) is 0 Å². The summed E-state index contributed by atoms with van der Waals surface area (Å²) in [7, 11) is 4.73. The number of ether oxygens (including phenoxy) is 3. The second kappa shape index (κ2) is 22.0. The molecule has 0 saturated carbocycles. The average Bonchev–Trinajstić information content (AvgIpc) is 2.87. The maximum absolute atomic E-state index is 13.6. The van der Waals surface area contributed by atoms with Crippen LogP contribution in [0.25, 0.3) is 0 Å². The zero-order valence-electron chi connectivity index (χ0n) is 25.8. The first kappa shape index (κ1) is 36.2. The second-order valence-corrected chi connectivity index (χ2v) is 11.3. The first-order chi connectivity index (χ1) is 18.1. The molecule has 0 heterocycles. The minimum atomic E-state index is -0.737. The second-order valence-electron chi connectivity index (χ2n) is 11.3. The number of likely N-dealkylation sites (N-methyl/N-ethyl adjacent to an activating group) is 2. The molecule has 0 N–H and O–H groups in total. The van der Waals surface area contributed by atoms with E-state index >= 15 is 0 Å². The highest BCUT2D eigenvalue weighted by molar-refractivity contribution is 5.89. The maximum Gasteiger partial charge on any atom is 0.410 e. The van der Waals surface area contributed by atoms with E-state index in [4.69, 9.17) is 14.2 Å². The Balaban J connectivity index is 4.93. The summed E-state index contributed by atoms with van der Waals surface area (Å²) in [5.41, 5.74) is 0. The van der Waals surface area contributed by atoms with E-state index in [1.165, 1.54) is 61.9 Å². The van der Waals surface area contributed by atoms with Crippen LogP contribution in [-0.4, -0.2) is 80.9 Å². The summed E-state index contributed by atoms with van der Waals surface area (Å²) in [5, 5.41) is 0. The van der Waals surface area contributed by atoms with Crippen molar-refractivity contribution in [1.29, 1.82) is 0 Å². The number of methoxy groups -OCH3 is 1. The first-order valence-electron chi connectivity index (χ1n) is 14.9. The van der Waals surface area contributed by atoms with E-state index in [1.807, 2.05) is 27.7 Å². The summed E-state index contributed by atoms with van der Waals surface area (Å²) < 4.78 is 15.8. The van der Waals surface area contributed by atoms with Crippen LogP contribution in [0, 0.1) is 11.8 Å². The molecule has 2 amide bonds. The van der Waals surface area contributed by atoms with Gasteiger partial charge in [0.05, 0.1) is 13.2 Å². The van der Waals surface area contributed by atoms with Crippen molar-refractivity contribution in [3.8, 4) is 0 Å². The minimum Gasteiger partial charge on any atom is -0.464 e. The minimum absolute atomic E-state index is 0.110. The molecule has 0 aromatic heterocycles. The van der Waals surface area contributed by atoms with Crippen LogP contribution in [-0.2, 0) is 23.8 Å². The number of amides is 2. The molecule has 0 bridgehead atoms. The van der Waals surface area contributed by atoms with Crippen molar-refractivity contribution in [2.75, 3.05) is 41.0 Å². The number of rotatable bonds is 22. The van der Waals surface area contributed by atoms with Gasteiger partial charge in [-0.2, -0.15) is 0 Å². The smallest absolute Gasteiger partial charge is 0.410 e. The lowest BCUT2D eigenvalue weighted by Gasteiger charge is -2.34. The largest absolute Gasteiger partial charge is 0.464 e. The average molecular weight is 543 g/mol. The van der Waals surface area contributed by atoms with Gasteiger partial charge in [-0.3, -0.25) is 9.69 Å². The van der Waals surface area contributed by atoms with E-state index in [2.05, 4.69) is 6.92 Å². The topological polar surface area (TPSA) is 85.4 Å². The number of carbonyl (C=O) groups is 3. The number of unbranched alkanes of at least 4 members (excludes halogenated alkanes) is 9. The molecule has 0 aromatic carbocycles. The highest BCUT2D eigenvalue weighted by atomic mass is 16.6. The molecule has 38 heavy (non-hydrogen) atoms. The molecule has 2 atom stereocenters. The highest BCUT2D eigenvalue weighted by Crippen LogP contribution is 2.19. The van der Waals surface area contributed by atoms with Gasteiger partial charge in [0.1, 0.15) is 18.7 Å². The van der Waals surface area contributed by atoms with Gasteiger partial charge in [-0.1, -0.05) is 92.4 Å². The van der Waals surface area contributed by atoms with E-state index in [0.29, 0.717) is 19.4 Å². The molecule has 2 unspecified atom stereocenters. The third-order valence-corrected chi connectivity index (χ3v) is 6.77. The SMILES string of the molecule is CCCCCCCCCCCCOC(=O)C(CC(C)C)N(C)C(=O)C(CC(C)C)N(C)C(=O)OCCOC. The fraction of sp³-hybridized carbons (Fsp3) is 0.900. The Labute approximate surface area is 233 Å². The highest BCUT2D eigenvalue weighted by Gasteiger charge is 2.36. The molecule has 0 rings (SSSR count). The third kappa shape index (κ3) is 16.2. The van der Waals surface area contributed by atoms with Gasteiger partial charge in [0.25, 0.3) is 0 Å². The zero-order valence-corrected chi connectivity index (χ0v) is 25.8. The number of nitrogens with zero attached hydrogens (tertiary/aromatic N) is 2.